The summed E-state index contributed by atoms with van der Waals surface area (Å²) in [4.78, 5) is 0. The topological polar surface area (TPSA) is 20.2 Å². The Bertz CT molecular complexity index is 388. The van der Waals surface area contributed by atoms with E-state index >= 15 is 0 Å². The minimum Gasteiger partial charge on any atom is -0.392 e. The number of hydrogen-bond acceptors (Lipinski definition) is 1. The summed E-state index contributed by atoms with van der Waals surface area (Å²) in [7, 11) is 0. The summed E-state index contributed by atoms with van der Waals surface area (Å²) < 4.78 is 14.5. The van der Waals surface area contributed by atoms with Gasteiger partial charge >= 0.3 is 0 Å². The summed E-state index contributed by atoms with van der Waals surface area (Å²) >= 11 is 3.31. The maximum atomic E-state index is 13.7. The third-order valence-corrected chi connectivity index (χ3v) is 3.34. The number of halogens is 2. The zero-order chi connectivity index (χ0) is 12.3. The van der Waals surface area contributed by atoms with Crippen LogP contribution in [0, 0.1) is 5.82 Å². The largest absolute Gasteiger partial charge is 0.392 e. The van der Waals surface area contributed by atoms with Crippen LogP contribution in [0.3, 0.4) is 0 Å². The monoisotopic (exact) mass is 286 g/mol. The van der Waals surface area contributed by atoms with Crippen molar-refractivity contribution in [2.45, 2.75) is 31.8 Å². The Morgan fingerprint density at radius 3 is 2.75 bits per heavy atom. The predicted octanol–water partition coefficient (Wildman–Crippen LogP) is 3.80. The van der Waals surface area contributed by atoms with Crippen molar-refractivity contribution in [2.75, 3.05) is 0 Å². The minimum atomic E-state index is -0.645. The molecule has 0 saturated carbocycles. The Hall–Kier alpha value is -0.670. The minimum absolute atomic E-state index is 0.295. The first-order valence-electron chi connectivity index (χ1n) is 5.14. The highest BCUT2D eigenvalue weighted by Gasteiger charge is 2.31. The first kappa shape index (κ1) is 13.4. The van der Waals surface area contributed by atoms with Crippen molar-refractivity contribution >= 4 is 15.9 Å². The van der Waals surface area contributed by atoms with E-state index < -0.39 is 11.5 Å². The number of benzene rings is 1. The average Bonchev–Trinajstić information content (AvgIpc) is 2.22. The molecule has 1 aromatic rings. The molecule has 1 atom stereocenters. The highest BCUT2D eigenvalue weighted by molar-refractivity contribution is 9.10. The molecule has 16 heavy (non-hydrogen) atoms. The Labute approximate surface area is 104 Å². The highest BCUT2D eigenvalue weighted by Crippen LogP contribution is 2.32. The fraction of sp³-hybridized carbons (Fsp3) is 0.385. The predicted molar refractivity (Wildman–Crippen MR) is 67.9 cm³/mol. The number of aliphatic hydroxyl groups excluding tert-OH is 1. The molecule has 0 aliphatic heterocycles. The Morgan fingerprint density at radius 2 is 2.19 bits per heavy atom. The highest BCUT2D eigenvalue weighted by atomic mass is 79.9. The van der Waals surface area contributed by atoms with E-state index in [0.717, 1.165) is 4.47 Å². The van der Waals surface area contributed by atoms with Crippen LogP contribution in [-0.2, 0) is 5.41 Å². The fourth-order valence-corrected chi connectivity index (χ4v) is 1.98. The van der Waals surface area contributed by atoms with Crippen LogP contribution in [0.15, 0.2) is 35.3 Å². The molecule has 0 saturated heterocycles. The molecule has 1 rings (SSSR count). The summed E-state index contributed by atoms with van der Waals surface area (Å²) in [5.41, 5.74) is -0.126. The lowest BCUT2D eigenvalue weighted by molar-refractivity contribution is 0.100. The number of rotatable bonds is 4. The van der Waals surface area contributed by atoms with Crippen LogP contribution in [0.4, 0.5) is 4.39 Å². The molecule has 0 spiro atoms. The van der Waals surface area contributed by atoms with Gasteiger partial charge in [0, 0.05) is 9.89 Å². The van der Waals surface area contributed by atoms with Gasteiger partial charge in [0.15, 0.2) is 0 Å². The van der Waals surface area contributed by atoms with Gasteiger partial charge in [-0.15, -0.1) is 6.58 Å². The second-order valence-electron chi connectivity index (χ2n) is 4.39. The van der Waals surface area contributed by atoms with Gasteiger partial charge in [0.2, 0.25) is 0 Å². The van der Waals surface area contributed by atoms with Crippen LogP contribution >= 0.6 is 15.9 Å². The fourth-order valence-electron chi connectivity index (χ4n) is 1.62. The van der Waals surface area contributed by atoms with Crippen molar-refractivity contribution in [3.63, 3.8) is 0 Å². The van der Waals surface area contributed by atoms with E-state index in [2.05, 4.69) is 22.5 Å². The second-order valence-corrected chi connectivity index (χ2v) is 5.30. The molecule has 0 bridgehead atoms. The van der Waals surface area contributed by atoms with Crippen molar-refractivity contribution < 1.29 is 9.50 Å². The van der Waals surface area contributed by atoms with E-state index in [1.165, 1.54) is 6.07 Å². The molecule has 0 heterocycles. The molecule has 0 aliphatic carbocycles. The van der Waals surface area contributed by atoms with Gasteiger partial charge in [0.05, 0.1) is 6.10 Å². The van der Waals surface area contributed by atoms with E-state index in [1.807, 2.05) is 13.8 Å². The summed E-state index contributed by atoms with van der Waals surface area (Å²) in [6, 6.07) is 4.76. The quantitative estimate of drug-likeness (QED) is 0.835. The van der Waals surface area contributed by atoms with Crippen molar-refractivity contribution in [2.24, 2.45) is 0 Å². The van der Waals surface area contributed by atoms with Crippen molar-refractivity contribution in [1.82, 2.24) is 0 Å². The van der Waals surface area contributed by atoms with Gasteiger partial charge < -0.3 is 5.11 Å². The summed E-state index contributed by atoms with van der Waals surface area (Å²) in [6.07, 6.45) is 1.44. The van der Waals surface area contributed by atoms with Crippen molar-refractivity contribution in [3.8, 4) is 0 Å². The van der Waals surface area contributed by atoms with Crippen molar-refractivity contribution in [1.29, 1.82) is 0 Å². The summed E-state index contributed by atoms with van der Waals surface area (Å²) in [5.74, 6) is -0.295. The normalized spacial score (nSPS) is 13.6. The zero-order valence-electron chi connectivity index (χ0n) is 9.50. The lowest BCUT2D eigenvalue weighted by Gasteiger charge is -2.31. The van der Waals surface area contributed by atoms with E-state index in [-0.39, 0.29) is 5.82 Å². The van der Waals surface area contributed by atoms with Crippen LogP contribution in [-0.4, -0.2) is 11.2 Å². The van der Waals surface area contributed by atoms with Gasteiger partial charge in [0.25, 0.3) is 0 Å². The van der Waals surface area contributed by atoms with Crippen LogP contribution < -0.4 is 0 Å². The smallest absolute Gasteiger partial charge is 0.127 e. The van der Waals surface area contributed by atoms with E-state index in [4.69, 9.17) is 0 Å². The Balaban J connectivity index is 3.14. The van der Waals surface area contributed by atoms with E-state index in [1.54, 1.807) is 18.2 Å². The van der Waals surface area contributed by atoms with Crippen molar-refractivity contribution in [3.05, 3.63) is 46.7 Å². The third kappa shape index (κ3) is 2.71. The Morgan fingerprint density at radius 1 is 1.56 bits per heavy atom. The van der Waals surface area contributed by atoms with Crippen LogP contribution in [0.25, 0.3) is 0 Å². The molecule has 1 nitrogen and oxygen atoms in total. The van der Waals surface area contributed by atoms with Gasteiger partial charge in [-0.3, -0.25) is 0 Å². The van der Waals surface area contributed by atoms with Gasteiger partial charge in [-0.05, 0) is 30.2 Å². The maximum Gasteiger partial charge on any atom is 0.127 e. The van der Waals surface area contributed by atoms with E-state index in [9.17, 15) is 9.50 Å². The van der Waals surface area contributed by atoms with Gasteiger partial charge in [-0.25, -0.2) is 4.39 Å². The number of hydrogen-bond donors (Lipinski definition) is 1. The zero-order valence-corrected chi connectivity index (χ0v) is 11.1. The lowest BCUT2D eigenvalue weighted by atomic mass is 9.78. The molecule has 0 fully saturated rings. The van der Waals surface area contributed by atoms with Gasteiger partial charge in [-0.1, -0.05) is 35.9 Å². The number of aliphatic hydroxyl groups is 1. The van der Waals surface area contributed by atoms with Crippen LogP contribution in [0.5, 0.6) is 0 Å². The third-order valence-electron chi connectivity index (χ3n) is 2.85. The molecular weight excluding hydrogens is 271 g/mol. The molecule has 0 amide bonds. The second kappa shape index (κ2) is 5.11. The molecule has 1 aromatic carbocycles. The summed E-state index contributed by atoms with van der Waals surface area (Å²) in [5, 5.41) is 9.99. The lowest BCUT2D eigenvalue weighted by Crippen LogP contribution is -2.34. The average molecular weight is 287 g/mol. The van der Waals surface area contributed by atoms with Crippen LogP contribution in [0.2, 0.25) is 0 Å². The molecule has 88 valence electrons. The maximum absolute atomic E-state index is 13.7. The Kier molecular flexibility index (Phi) is 4.28. The van der Waals surface area contributed by atoms with E-state index in [0.29, 0.717) is 12.0 Å². The molecule has 0 aromatic heterocycles. The molecular formula is C13H16BrFO. The standard InChI is InChI=1S/C13H16BrFO/c1-4-5-12(16)13(2,3)10-8-9(14)6-7-11(10)15/h4,6-8,12,16H,1,5H2,2-3H3. The summed E-state index contributed by atoms with van der Waals surface area (Å²) in [6.45, 7) is 7.24. The molecule has 0 radical (unpaired) electrons. The molecule has 1 unspecified atom stereocenters. The SMILES string of the molecule is C=CCC(O)C(C)(C)c1cc(Br)ccc1F. The molecule has 3 heteroatoms. The first-order valence-corrected chi connectivity index (χ1v) is 5.93. The first-order chi connectivity index (χ1) is 7.39. The molecule has 1 N–H and O–H groups in total. The van der Waals surface area contributed by atoms with Gasteiger partial charge in [0.1, 0.15) is 5.82 Å². The van der Waals surface area contributed by atoms with Gasteiger partial charge in [-0.2, -0.15) is 0 Å². The molecule has 0 aliphatic rings. The van der Waals surface area contributed by atoms with Crippen LogP contribution in [0.1, 0.15) is 25.8 Å².